The maximum absolute atomic E-state index is 12.8. The summed E-state index contributed by atoms with van der Waals surface area (Å²) in [5.41, 5.74) is 0. The van der Waals surface area contributed by atoms with Gasteiger partial charge in [-0.2, -0.15) is 0 Å². The molecule has 1 amide bonds. The predicted molar refractivity (Wildman–Crippen MR) is 223 cm³/mol. The third-order valence-electron chi connectivity index (χ3n) is 8.81. The lowest BCUT2D eigenvalue weighted by atomic mass is 10.0. The second kappa shape index (κ2) is 34.6. The van der Waals surface area contributed by atoms with E-state index in [9.17, 15) is 24.5 Å². The van der Waals surface area contributed by atoms with Crippen molar-refractivity contribution in [1.29, 1.82) is 0 Å². The monoisotopic (exact) mass is 768 g/mol. The smallest absolute Gasteiger partial charge is 0.389 e. The van der Waals surface area contributed by atoms with Gasteiger partial charge in [0, 0.05) is 6.42 Å². The predicted octanol–water partition coefficient (Wildman–Crippen LogP) is 10.0. The molecule has 0 aliphatic heterocycles. The summed E-state index contributed by atoms with van der Waals surface area (Å²) in [4.78, 5) is 23.0. The molecule has 0 rings (SSSR count). The Kier molecular flexibility index (Phi) is 33.4. The van der Waals surface area contributed by atoms with Gasteiger partial charge < -0.3 is 24.9 Å². The summed E-state index contributed by atoms with van der Waals surface area (Å²) in [5, 5.41) is 23.8. The fraction of sp³-hybridized carbons (Fsp3) is 0.744. The Hall–Kier alpha value is -1.84. The van der Waals surface area contributed by atoms with E-state index < -0.39 is 26.1 Å². The topological polar surface area (TPSA) is 125 Å². The normalized spacial score (nSPS) is 15.7. The number of quaternary nitrogens is 1. The molecule has 0 aromatic rings. The molecule has 0 radical (unpaired) electrons. The first-order valence-electron chi connectivity index (χ1n) is 20.8. The largest absolute Gasteiger partial charge is 0.472 e. The van der Waals surface area contributed by atoms with Crippen molar-refractivity contribution in [3.05, 3.63) is 60.8 Å². The van der Waals surface area contributed by atoms with Crippen LogP contribution in [0.4, 0.5) is 0 Å². The zero-order valence-corrected chi connectivity index (χ0v) is 35.2. The highest BCUT2D eigenvalue weighted by Gasteiger charge is 2.27. The molecule has 0 spiro atoms. The number of aliphatic hydroxyl groups is 2. The number of nitrogens with one attached hydrogen (secondary N) is 1. The number of likely N-dealkylation sites (N-methyl/N-ethyl adjacent to an activating group) is 1. The summed E-state index contributed by atoms with van der Waals surface area (Å²) in [5.74, 6) is -0.263. The highest BCUT2D eigenvalue weighted by atomic mass is 31.2. The molecule has 0 saturated carbocycles. The molecule has 0 saturated heterocycles. The Labute approximate surface area is 324 Å². The van der Waals surface area contributed by atoms with Crippen LogP contribution in [-0.4, -0.2) is 84.6 Å². The number of hydrogen-bond acceptors (Lipinski definition) is 6. The van der Waals surface area contributed by atoms with Gasteiger partial charge in [0.2, 0.25) is 5.91 Å². The van der Waals surface area contributed by atoms with Crippen molar-refractivity contribution >= 4 is 13.7 Å². The van der Waals surface area contributed by atoms with E-state index >= 15 is 0 Å². The quantitative estimate of drug-likeness (QED) is 0.0164. The van der Waals surface area contributed by atoms with Gasteiger partial charge in [0.15, 0.2) is 0 Å². The molecular weight excluding hydrogens is 687 g/mol. The Morgan fingerprint density at radius 2 is 1.26 bits per heavy atom. The molecule has 53 heavy (non-hydrogen) atoms. The van der Waals surface area contributed by atoms with Crippen molar-refractivity contribution in [2.45, 2.75) is 167 Å². The maximum Gasteiger partial charge on any atom is 0.472 e. The summed E-state index contributed by atoms with van der Waals surface area (Å²) in [6.45, 7) is 4.63. The SMILES string of the molecule is CCCCC/C=C\C=C/[C@H](O)C/C=C\C/C=C/CCCC(=O)N[C@@H](COP(=O)(O)OCC[N+](C)(C)C)[C@H](O)/C=C/CCCCCCCCCCCCC. The molecule has 9 nitrogen and oxygen atoms in total. The number of carbonyl (C=O) groups excluding carboxylic acids is 1. The molecule has 4 N–H and O–H groups in total. The summed E-state index contributed by atoms with van der Waals surface area (Å²) in [6, 6.07) is -0.897. The van der Waals surface area contributed by atoms with Gasteiger partial charge in [0.05, 0.1) is 46.0 Å². The number of unbranched alkanes of at least 4 members (excludes halogenated alkanes) is 15. The Morgan fingerprint density at radius 1 is 0.698 bits per heavy atom. The molecule has 0 aliphatic carbocycles. The first kappa shape index (κ1) is 51.2. The van der Waals surface area contributed by atoms with Gasteiger partial charge in [-0.1, -0.05) is 152 Å². The fourth-order valence-corrected chi connectivity index (χ4v) is 6.14. The van der Waals surface area contributed by atoms with E-state index in [0.717, 1.165) is 32.1 Å². The van der Waals surface area contributed by atoms with Crippen molar-refractivity contribution in [2.24, 2.45) is 0 Å². The number of phosphoric acid groups is 1. The molecule has 0 aromatic heterocycles. The first-order valence-corrected chi connectivity index (χ1v) is 22.3. The van der Waals surface area contributed by atoms with E-state index in [0.29, 0.717) is 30.3 Å². The van der Waals surface area contributed by atoms with Crippen LogP contribution in [0, 0.1) is 0 Å². The van der Waals surface area contributed by atoms with E-state index in [-0.39, 0.29) is 25.5 Å². The average Bonchev–Trinajstić information content (AvgIpc) is 3.10. The zero-order chi connectivity index (χ0) is 39.5. The minimum atomic E-state index is -4.37. The van der Waals surface area contributed by atoms with Gasteiger partial charge in [-0.15, -0.1) is 0 Å². The first-order chi connectivity index (χ1) is 25.4. The standard InChI is InChI=1S/C43H79N2O7P/c1-6-8-10-12-14-15-16-17-18-19-23-27-31-35-42(47)41(39-52-53(49,50)51-38-37-45(3,4)5)44-43(48)36-32-28-24-20-22-26-30-34-40(46)33-29-25-21-13-11-9-7-2/h20-21,24-26,29-31,33,35,40-42,46-47H,6-19,22-23,27-28,32,34,36-39H2,1-5H3,(H-,44,48,49,50)/p+1/b24-20+,25-21-,30-26-,33-29-,35-31+/t40-,41-,42+/m0/s1. The van der Waals surface area contributed by atoms with Crippen molar-refractivity contribution in [3.63, 3.8) is 0 Å². The van der Waals surface area contributed by atoms with Gasteiger partial charge in [0.25, 0.3) is 0 Å². The molecule has 0 aromatic carbocycles. The second-order valence-electron chi connectivity index (χ2n) is 15.2. The van der Waals surface area contributed by atoms with E-state index in [1.807, 2.05) is 63.7 Å². The number of hydrogen-bond donors (Lipinski definition) is 4. The van der Waals surface area contributed by atoms with Crippen molar-refractivity contribution in [3.8, 4) is 0 Å². The molecule has 0 bridgehead atoms. The molecule has 4 atom stereocenters. The van der Waals surface area contributed by atoms with Crippen LogP contribution in [-0.2, 0) is 18.4 Å². The van der Waals surface area contributed by atoms with Crippen LogP contribution in [0.3, 0.4) is 0 Å². The number of allylic oxidation sites excluding steroid dienone is 7. The molecule has 1 unspecified atom stereocenters. The lowest BCUT2D eigenvalue weighted by molar-refractivity contribution is -0.870. The number of nitrogens with zero attached hydrogens (tertiary/aromatic N) is 1. The third kappa shape index (κ3) is 36.9. The van der Waals surface area contributed by atoms with Gasteiger partial charge in [-0.05, 0) is 51.4 Å². The van der Waals surface area contributed by atoms with Gasteiger partial charge in [-0.25, -0.2) is 4.57 Å². The molecular formula is C43H80N2O7P+. The van der Waals surface area contributed by atoms with Crippen LogP contribution in [0.15, 0.2) is 60.8 Å². The number of phosphoric ester groups is 1. The zero-order valence-electron chi connectivity index (χ0n) is 34.3. The molecule has 0 fully saturated rings. The van der Waals surface area contributed by atoms with Crippen LogP contribution in [0.2, 0.25) is 0 Å². The summed E-state index contributed by atoms with van der Waals surface area (Å²) in [6.07, 6.45) is 40.3. The van der Waals surface area contributed by atoms with Crippen LogP contribution in [0.25, 0.3) is 0 Å². The van der Waals surface area contributed by atoms with Crippen molar-refractivity contribution in [1.82, 2.24) is 5.32 Å². The summed E-state index contributed by atoms with van der Waals surface area (Å²) < 4.78 is 23.4. The fourth-order valence-electron chi connectivity index (χ4n) is 5.41. The third-order valence-corrected chi connectivity index (χ3v) is 9.80. The van der Waals surface area contributed by atoms with Gasteiger partial charge in [-0.3, -0.25) is 13.8 Å². The molecule has 0 heterocycles. The van der Waals surface area contributed by atoms with Gasteiger partial charge >= 0.3 is 7.82 Å². The van der Waals surface area contributed by atoms with E-state index in [1.54, 1.807) is 12.2 Å². The Bertz CT molecular complexity index is 1070. The van der Waals surface area contributed by atoms with Crippen LogP contribution >= 0.6 is 7.82 Å². The summed E-state index contributed by atoms with van der Waals surface area (Å²) >= 11 is 0. The Balaban J connectivity index is 4.67. The lowest BCUT2D eigenvalue weighted by Gasteiger charge is -2.25. The summed E-state index contributed by atoms with van der Waals surface area (Å²) in [7, 11) is 1.49. The number of rotatable bonds is 36. The number of carbonyl (C=O) groups is 1. The maximum atomic E-state index is 12.8. The molecule has 0 aliphatic rings. The van der Waals surface area contributed by atoms with Crippen molar-refractivity contribution < 1.29 is 38.0 Å². The lowest BCUT2D eigenvalue weighted by Crippen LogP contribution is -2.45. The van der Waals surface area contributed by atoms with E-state index in [2.05, 4.69) is 25.2 Å². The molecule has 308 valence electrons. The minimum absolute atomic E-state index is 0.0372. The van der Waals surface area contributed by atoms with Crippen LogP contribution in [0.1, 0.15) is 149 Å². The highest BCUT2D eigenvalue weighted by molar-refractivity contribution is 7.47. The minimum Gasteiger partial charge on any atom is -0.389 e. The molecule has 10 heteroatoms. The second-order valence-corrected chi connectivity index (χ2v) is 16.7. The van der Waals surface area contributed by atoms with Crippen LogP contribution in [0.5, 0.6) is 0 Å². The number of amides is 1. The highest BCUT2D eigenvalue weighted by Crippen LogP contribution is 2.43. The Morgan fingerprint density at radius 3 is 1.92 bits per heavy atom. The van der Waals surface area contributed by atoms with Gasteiger partial charge in [0.1, 0.15) is 13.2 Å². The van der Waals surface area contributed by atoms with Crippen molar-refractivity contribution in [2.75, 3.05) is 40.9 Å². The van der Waals surface area contributed by atoms with E-state index in [1.165, 1.54) is 77.0 Å². The van der Waals surface area contributed by atoms with Crippen LogP contribution < -0.4 is 5.32 Å². The van der Waals surface area contributed by atoms with E-state index in [4.69, 9.17) is 9.05 Å². The average molecular weight is 768 g/mol. The number of aliphatic hydroxyl groups excluding tert-OH is 2.